The zero-order chi connectivity index (χ0) is 14.7. The Hall–Kier alpha value is -1.47. The lowest BCUT2D eigenvalue weighted by Gasteiger charge is -2.34. The molecule has 2 unspecified atom stereocenters. The second-order valence-corrected chi connectivity index (χ2v) is 5.63. The van der Waals surface area contributed by atoms with E-state index in [1.807, 2.05) is 0 Å². The van der Waals surface area contributed by atoms with Crippen molar-refractivity contribution in [1.29, 1.82) is 0 Å². The normalized spacial score (nSPS) is 21.9. The van der Waals surface area contributed by atoms with Gasteiger partial charge in [-0.1, -0.05) is 0 Å². The van der Waals surface area contributed by atoms with Gasteiger partial charge in [0.2, 0.25) is 0 Å². The third kappa shape index (κ3) is 3.34. The first-order valence-electron chi connectivity index (χ1n) is 7.13. The molecule has 1 saturated heterocycles. The minimum Gasteiger partial charge on any atom is -0.358 e. The van der Waals surface area contributed by atoms with Crippen molar-refractivity contribution in [2.45, 2.75) is 39.3 Å². The Morgan fingerprint density at radius 2 is 2.35 bits per heavy atom. The van der Waals surface area contributed by atoms with E-state index in [0.717, 1.165) is 26.1 Å². The molecule has 0 aromatic carbocycles. The number of nitrogens with zero attached hydrogens (tertiary/aromatic N) is 4. The van der Waals surface area contributed by atoms with Gasteiger partial charge in [0, 0.05) is 26.1 Å². The first kappa shape index (κ1) is 14.9. The maximum Gasteiger partial charge on any atom is 0.342 e. The molecule has 2 heterocycles. The Morgan fingerprint density at radius 1 is 1.60 bits per heavy atom. The smallest absolute Gasteiger partial charge is 0.342 e. The van der Waals surface area contributed by atoms with Crippen molar-refractivity contribution >= 4 is 5.82 Å². The number of nitro groups is 1. The van der Waals surface area contributed by atoms with Crippen LogP contribution >= 0.6 is 0 Å². The van der Waals surface area contributed by atoms with Crippen molar-refractivity contribution in [3.63, 3.8) is 0 Å². The molecule has 0 radical (unpaired) electrons. The summed E-state index contributed by atoms with van der Waals surface area (Å²) in [6.45, 7) is 7.30. The summed E-state index contributed by atoms with van der Waals surface area (Å²) in [5, 5.41) is 10.9. The minimum absolute atomic E-state index is 0.0725. The molecule has 1 fully saturated rings. The van der Waals surface area contributed by atoms with Crippen LogP contribution in [-0.2, 0) is 6.54 Å². The average Bonchev–Trinajstić information content (AvgIpc) is 2.78. The first-order valence-corrected chi connectivity index (χ1v) is 7.13. The number of rotatable bonds is 5. The second kappa shape index (κ2) is 6.32. The van der Waals surface area contributed by atoms with Gasteiger partial charge in [-0.2, -0.15) is 0 Å². The summed E-state index contributed by atoms with van der Waals surface area (Å²) >= 11 is 0. The highest BCUT2D eigenvalue weighted by Gasteiger charge is 2.24. The van der Waals surface area contributed by atoms with Gasteiger partial charge < -0.3 is 15.8 Å². The van der Waals surface area contributed by atoms with E-state index in [4.69, 9.17) is 5.73 Å². The summed E-state index contributed by atoms with van der Waals surface area (Å²) in [5.74, 6) is 1.29. The predicted octanol–water partition coefficient (Wildman–Crippen LogP) is 1.16. The fourth-order valence-corrected chi connectivity index (χ4v) is 2.84. The maximum atomic E-state index is 10.9. The van der Waals surface area contributed by atoms with E-state index in [2.05, 4.69) is 16.8 Å². The van der Waals surface area contributed by atoms with Gasteiger partial charge in [0.05, 0.1) is 0 Å². The number of hydrogen-bond donors (Lipinski definition) is 1. The molecule has 0 bridgehead atoms. The maximum absolute atomic E-state index is 10.9. The van der Waals surface area contributed by atoms with Gasteiger partial charge in [-0.15, -0.1) is 0 Å². The predicted molar refractivity (Wildman–Crippen MR) is 76.4 cm³/mol. The molecule has 1 aliphatic rings. The summed E-state index contributed by atoms with van der Waals surface area (Å²) in [6, 6.07) is 0.210. The van der Waals surface area contributed by atoms with Crippen molar-refractivity contribution < 1.29 is 4.92 Å². The molecule has 112 valence electrons. The molecule has 0 amide bonds. The van der Waals surface area contributed by atoms with Crippen molar-refractivity contribution in [2.24, 2.45) is 11.7 Å². The van der Waals surface area contributed by atoms with Crippen LogP contribution in [0, 0.1) is 23.0 Å². The van der Waals surface area contributed by atoms with Gasteiger partial charge in [0.1, 0.15) is 12.7 Å². The third-order valence-electron chi connectivity index (χ3n) is 4.15. The molecule has 2 N–H and O–H groups in total. The van der Waals surface area contributed by atoms with E-state index in [9.17, 15) is 10.1 Å². The highest BCUT2D eigenvalue weighted by atomic mass is 16.6. The lowest BCUT2D eigenvalue weighted by molar-refractivity contribution is -0.392. The topological polar surface area (TPSA) is 90.2 Å². The van der Waals surface area contributed by atoms with Crippen LogP contribution in [0.5, 0.6) is 0 Å². The fourth-order valence-electron chi connectivity index (χ4n) is 2.84. The Kier molecular flexibility index (Phi) is 4.72. The van der Waals surface area contributed by atoms with E-state index in [1.165, 1.54) is 12.6 Å². The molecule has 0 aliphatic carbocycles. The molecular weight excluding hydrogens is 258 g/mol. The summed E-state index contributed by atoms with van der Waals surface area (Å²) in [6.07, 6.45) is 3.66. The van der Waals surface area contributed by atoms with Crippen LogP contribution in [-0.4, -0.2) is 45.1 Å². The van der Waals surface area contributed by atoms with Gasteiger partial charge >= 0.3 is 5.82 Å². The van der Waals surface area contributed by atoms with Crippen molar-refractivity contribution in [3.05, 3.63) is 22.1 Å². The number of piperidine rings is 1. The largest absolute Gasteiger partial charge is 0.358 e. The lowest BCUT2D eigenvalue weighted by Crippen LogP contribution is -2.43. The molecule has 1 aromatic heterocycles. The summed E-state index contributed by atoms with van der Waals surface area (Å²) in [7, 11) is 0. The molecule has 0 saturated carbocycles. The first-order chi connectivity index (χ1) is 9.49. The zero-order valence-electron chi connectivity index (χ0n) is 12.2. The highest BCUT2D eigenvalue weighted by Crippen LogP contribution is 2.19. The number of hydrogen-bond acceptors (Lipinski definition) is 5. The quantitative estimate of drug-likeness (QED) is 0.646. The molecule has 7 nitrogen and oxygen atoms in total. The lowest BCUT2D eigenvalue weighted by atomic mass is 9.92. The van der Waals surface area contributed by atoms with E-state index in [0.29, 0.717) is 18.3 Å². The van der Waals surface area contributed by atoms with E-state index in [1.54, 1.807) is 11.5 Å². The van der Waals surface area contributed by atoms with Crippen LogP contribution < -0.4 is 5.73 Å². The van der Waals surface area contributed by atoms with Gasteiger partial charge in [-0.25, -0.2) is 9.55 Å². The Morgan fingerprint density at radius 3 is 3.00 bits per heavy atom. The van der Waals surface area contributed by atoms with Crippen LogP contribution in [0.1, 0.15) is 25.6 Å². The van der Waals surface area contributed by atoms with Gasteiger partial charge in [-0.3, -0.25) is 4.90 Å². The molecule has 0 spiro atoms. The Balaban J connectivity index is 1.95. The van der Waals surface area contributed by atoms with E-state index in [-0.39, 0.29) is 16.8 Å². The zero-order valence-corrected chi connectivity index (χ0v) is 12.2. The van der Waals surface area contributed by atoms with Gasteiger partial charge in [-0.05, 0) is 37.2 Å². The molecule has 20 heavy (non-hydrogen) atoms. The monoisotopic (exact) mass is 281 g/mol. The Labute approximate surface area is 118 Å². The van der Waals surface area contributed by atoms with Gasteiger partial charge in [0.25, 0.3) is 0 Å². The number of nitrogens with two attached hydrogens (primary N) is 1. The van der Waals surface area contributed by atoms with Crippen molar-refractivity contribution in [3.8, 4) is 0 Å². The number of aromatic nitrogens is 2. The van der Waals surface area contributed by atoms with Gasteiger partial charge in [0.15, 0.2) is 5.82 Å². The molecule has 7 heteroatoms. The highest BCUT2D eigenvalue weighted by molar-refractivity contribution is 5.18. The molecule has 2 rings (SSSR count). The van der Waals surface area contributed by atoms with Crippen LogP contribution in [0.2, 0.25) is 0 Å². The van der Waals surface area contributed by atoms with Crippen LogP contribution in [0.15, 0.2) is 6.20 Å². The number of imidazole rings is 1. The van der Waals surface area contributed by atoms with E-state index >= 15 is 0 Å². The fraction of sp³-hybridized carbons (Fsp3) is 0.769. The average molecular weight is 281 g/mol. The van der Waals surface area contributed by atoms with Crippen LogP contribution in [0.4, 0.5) is 5.82 Å². The SMILES string of the molecule is Cc1ncc([N+](=O)[O-])n1CCN1CCCC(C(C)N)C1. The molecular formula is C13H23N5O2. The number of likely N-dealkylation sites (tertiary alicyclic amines) is 1. The van der Waals surface area contributed by atoms with Crippen LogP contribution in [0.3, 0.4) is 0 Å². The standard InChI is InChI=1S/C13H23N5O2/c1-10(14)12-4-3-5-16(9-12)6-7-17-11(2)15-8-13(17)18(19)20/h8,10,12H,3-7,9,14H2,1-2H3. The Bertz CT molecular complexity index is 471. The number of aryl methyl sites for hydroxylation is 1. The molecule has 1 aromatic rings. The van der Waals surface area contributed by atoms with E-state index < -0.39 is 0 Å². The van der Waals surface area contributed by atoms with Crippen molar-refractivity contribution in [1.82, 2.24) is 14.5 Å². The minimum atomic E-state index is -0.374. The third-order valence-corrected chi connectivity index (χ3v) is 4.15. The summed E-state index contributed by atoms with van der Waals surface area (Å²) in [4.78, 5) is 16.9. The second-order valence-electron chi connectivity index (χ2n) is 5.63. The van der Waals surface area contributed by atoms with Crippen LogP contribution in [0.25, 0.3) is 0 Å². The summed E-state index contributed by atoms with van der Waals surface area (Å²) < 4.78 is 1.68. The molecule has 2 atom stereocenters. The summed E-state index contributed by atoms with van der Waals surface area (Å²) in [5.41, 5.74) is 5.98. The van der Waals surface area contributed by atoms with Crippen molar-refractivity contribution in [2.75, 3.05) is 19.6 Å². The molecule has 1 aliphatic heterocycles.